The van der Waals surface area contributed by atoms with Gasteiger partial charge in [0, 0.05) is 13.5 Å². The van der Waals surface area contributed by atoms with Crippen LogP contribution in [0.4, 0.5) is 0 Å². The molecule has 0 spiro atoms. The summed E-state index contributed by atoms with van der Waals surface area (Å²) >= 11 is 0. The van der Waals surface area contributed by atoms with Crippen LogP contribution in [0, 0.1) is 0 Å². The second-order valence-electron chi connectivity index (χ2n) is 9.20. The highest BCUT2D eigenvalue weighted by molar-refractivity contribution is 5.91. The smallest absolute Gasteiger partial charge is 0.339 e. The Balaban J connectivity index is 0.000000641. The molecule has 32 heavy (non-hydrogen) atoms. The largest absolute Gasteiger partial charge is 0.478 e. The van der Waals surface area contributed by atoms with E-state index in [4.69, 9.17) is 9.84 Å². The molecule has 6 nitrogen and oxygen atoms in total. The van der Waals surface area contributed by atoms with Crippen LogP contribution >= 0.6 is 0 Å². The van der Waals surface area contributed by atoms with E-state index >= 15 is 0 Å². The van der Waals surface area contributed by atoms with Gasteiger partial charge < -0.3 is 19.1 Å². The minimum absolute atomic E-state index is 0.0160. The Bertz CT molecular complexity index is 625. The van der Waals surface area contributed by atoms with Crippen LogP contribution in [0.2, 0.25) is 0 Å². The van der Waals surface area contributed by atoms with Crippen molar-refractivity contribution in [3.8, 4) is 5.75 Å². The van der Waals surface area contributed by atoms with Gasteiger partial charge in [-0.15, -0.1) is 0 Å². The molecular weight excluding hydrogens is 406 g/mol. The van der Waals surface area contributed by atoms with E-state index < -0.39 is 11.9 Å². The van der Waals surface area contributed by atoms with E-state index in [1.165, 1.54) is 83.3 Å². The number of ether oxygens (including phenoxy) is 2. The van der Waals surface area contributed by atoms with Gasteiger partial charge in [0.15, 0.2) is 0 Å². The molecule has 0 radical (unpaired) electrons. The molecule has 0 heterocycles. The van der Waals surface area contributed by atoms with Gasteiger partial charge in [0.05, 0.1) is 27.7 Å². The average Bonchev–Trinajstić information content (AvgIpc) is 2.71. The molecule has 0 bridgehead atoms. The number of carboxylic acid groups (broad SMARTS) is 1. The number of carbonyl (C=O) groups excluding carboxylic acids is 1. The highest BCUT2D eigenvalue weighted by atomic mass is 16.5. The van der Waals surface area contributed by atoms with E-state index in [2.05, 4.69) is 32.8 Å². The fourth-order valence-corrected chi connectivity index (χ4v) is 3.02. The van der Waals surface area contributed by atoms with E-state index in [0.29, 0.717) is 0 Å². The second-order valence-corrected chi connectivity index (χ2v) is 9.20. The molecular formula is C26H46NO5+. The lowest BCUT2D eigenvalue weighted by atomic mass is 10.1. The van der Waals surface area contributed by atoms with Crippen molar-refractivity contribution < 1.29 is 28.7 Å². The van der Waals surface area contributed by atoms with Gasteiger partial charge >= 0.3 is 11.9 Å². The molecule has 0 aliphatic heterocycles. The molecule has 0 saturated carbocycles. The number of aromatic carboxylic acids is 1. The maximum Gasteiger partial charge on any atom is 0.339 e. The molecule has 0 unspecified atom stereocenters. The van der Waals surface area contributed by atoms with Crippen LogP contribution in [0.3, 0.4) is 0 Å². The first kappa shape index (κ1) is 30.1. The lowest BCUT2D eigenvalue weighted by Gasteiger charge is -2.23. The Morgan fingerprint density at radius 3 is 1.88 bits per heavy atom. The van der Waals surface area contributed by atoms with Gasteiger partial charge in [-0.2, -0.15) is 0 Å². The van der Waals surface area contributed by atoms with Crippen molar-refractivity contribution in [2.45, 2.75) is 78.1 Å². The third-order valence-electron chi connectivity index (χ3n) is 4.92. The number of quaternary nitrogens is 1. The minimum atomic E-state index is -1.11. The van der Waals surface area contributed by atoms with Crippen LogP contribution in [0.5, 0.6) is 5.75 Å². The minimum Gasteiger partial charge on any atom is -0.478 e. The average molecular weight is 453 g/mol. The van der Waals surface area contributed by atoms with E-state index in [-0.39, 0.29) is 11.3 Å². The molecule has 0 saturated heterocycles. The van der Waals surface area contributed by atoms with E-state index in [0.717, 1.165) is 24.2 Å². The van der Waals surface area contributed by atoms with Crippen molar-refractivity contribution in [2.75, 3.05) is 40.9 Å². The number of rotatable bonds is 16. The number of hydrogen-bond donors (Lipinski definition) is 1. The highest BCUT2D eigenvalue weighted by Crippen LogP contribution is 2.17. The van der Waals surface area contributed by atoms with Gasteiger partial charge in [0.25, 0.3) is 0 Å². The number of carbonyl (C=O) groups is 2. The molecule has 184 valence electrons. The topological polar surface area (TPSA) is 72.8 Å². The zero-order valence-corrected chi connectivity index (χ0v) is 21.0. The van der Waals surface area contributed by atoms with Crippen LogP contribution in [-0.4, -0.2) is 62.4 Å². The quantitative estimate of drug-likeness (QED) is 0.145. The molecule has 1 N–H and O–H groups in total. The van der Waals surface area contributed by atoms with E-state index in [9.17, 15) is 9.59 Å². The normalized spacial score (nSPS) is 10.9. The van der Waals surface area contributed by atoms with Gasteiger partial charge in [0.1, 0.15) is 17.9 Å². The molecule has 1 aromatic rings. The van der Waals surface area contributed by atoms with Gasteiger partial charge in [-0.25, -0.2) is 4.79 Å². The predicted molar refractivity (Wildman–Crippen MR) is 130 cm³/mol. The lowest BCUT2D eigenvalue weighted by molar-refractivity contribution is -0.870. The fourth-order valence-electron chi connectivity index (χ4n) is 3.02. The maximum absolute atomic E-state index is 10.6. The first-order valence-corrected chi connectivity index (χ1v) is 12.1. The third kappa shape index (κ3) is 18.8. The number of carboxylic acids is 1. The summed E-state index contributed by atoms with van der Waals surface area (Å²) in [5.74, 6) is -1.58. The molecule has 0 atom stereocenters. The second kappa shape index (κ2) is 18.6. The summed E-state index contributed by atoms with van der Waals surface area (Å²) in [4.78, 5) is 21.2. The number of nitrogens with zero attached hydrogens (tertiary/aromatic N) is 1. The molecule has 0 amide bonds. The summed E-state index contributed by atoms with van der Waals surface area (Å²) in [5.41, 5.74) is -0.0160. The summed E-state index contributed by atoms with van der Waals surface area (Å²) in [6.07, 6.45) is 14.0. The number of esters is 1. The lowest BCUT2D eigenvalue weighted by Crippen LogP contribution is -2.37. The highest BCUT2D eigenvalue weighted by Gasteiger charge is 2.11. The van der Waals surface area contributed by atoms with Gasteiger partial charge in [-0.1, -0.05) is 76.8 Å². The van der Waals surface area contributed by atoms with Crippen molar-refractivity contribution in [1.82, 2.24) is 0 Å². The maximum atomic E-state index is 10.6. The summed E-state index contributed by atoms with van der Waals surface area (Å²) < 4.78 is 11.4. The monoisotopic (exact) mass is 452 g/mol. The first-order valence-electron chi connectivity index (χ1n) is 12.1. The zero-order chi connectivity index (χ0) is 24.2. The van der Waals surface area contributed by atoms with Crippen molar-refractivity contribution in [3.63, 3.8) is 0 Å². The van der Waals surface area contributed by atoms with E-state index in [1.807, 2.05) is 0 Å². The molecule has 0 aliphatic rings. The van der Waals surface area contributed by atoms with Crippen LogP contribution in [0.1, 0.15) is 88.4 Å². The van der Waals surface area contributed by atoms with Crippen LogP contribution in [0.15, 0.2) is 24.3 Å². The van der Waals surface area contributed by atoms with Crippen molar-refractivity contribution in [3.05, 3.63) is 29.8 Å². The fraction of sp³-hybridized carbons (Fsp3) is 0.692. The Labute approximate surface area is 195 Å². The molecule has 1 rings (SSSR count). The predicted octanol–water partition coefficient (Wildman–Crippen LogP) is 5.94. The SMILES string of the molecule is CC(=O)Oc1ccccc1C(=O)O.CCCCCCCCCCCCOCC[N+](C)(C)C. The van der Waals surface area contributed by atoms with Crippen LogP contribution in [-0.2, 0) is 9.53 Å². The summed E-state index contributed by atoms with van der Waals surface area (Å²) in [7, 11) is 6.64. The molecule has 0 aromatic heterocycles. The first-order chi connectivity index (χ1) is 15.2. The summed E-state index contributed by atoms with van der Waals surface area (Å²) in [5, 5.41) is 8.69. The summed E-state index contributed by atoms with van der Waals surface area (Å²) in [6, 6.07) is 5.98. The Hall–Kier alpha value is -1.92. The number of unbranched alkanes of at least 4 members (excludes halogenated alkanes) is 9. The molecule has 0 aliphatic carbocycles. The van der Waals surface area contributed by atoms with Crippen LogP contribution < -0.4 is 4.74 Å². The van der Waals surface area contributed by atoms with Crippen molar-refractivity contribution in [2.24, 2.45) is 0 Å². The molecule has 0 fully saturated rings. The van der Waals surface area contributed by atoms with Crippen LogP contribution in [0.25, 0.3) is 0 Å². The standard InChI is InChI=1S/C17H38NO.C9H8O4/c1-5-6-7-8-9-10-11-12-13-14-16-19-17-15-18(2,3)4;1-6(10)13-8-5-3-2-4-7(8)9(11)12/h5-17H2,1-4H3;2-5H,1H3,(H,11,12)/q+1;. The summed E-state index contributed by atoms with van der Waals surface area (Å²) in [6.45, 7) is 6.47. The van der Waals surface area contributed by atoms with Gasteiger partial charge in [-0.3, -0.25) is 4.79 Å². The van der Waals surface area contributed by atoms with E-state index in [1.54, 1.807) is 12.1 Å². The Morgan fingerprint density at radius 2 is 1.38 bits per heavy atom. The number of hydrogen-bond acceptors (Lipinski definition) is 4. The Morgan fingerprint density at radius 1 is 0.844 bits per heavy atom. The molecule has 1 aromatic carbocycles. The number of likely N-dealkylation sites (N-methyl/N-ethyl adjacent to an activating group) is 1. The Kier molecular flexibility index (Phi) is 17.5. The number of para-hydroxylation sites is 1. The van der Waals surface area contributed by atoms with Gasteiger partial charge in [-0.05, 0) is 18.6 Å². The van der Waals surface area contributed by atoms with Gasteiger partial charge in [0.2, 0.25) is 0 Å². The third-order valence-corrected chi connectivity index (χ3v) is 4.92. The van der Waals surface area contributed by atoms with Crippen molar-refractivity contribution >= 4 is 11.9 Å². The van der Waals surface area contributed by atoms with Crippen molar-refractivity contribution in [1.29, 1.82) is 0 Å². The zero-order valence-electron chi connectivity index (χ0n) is 21.0. The molecule has 6 heteroatoms. The number of benzene rings is 1.